The standard InChI is InChI=1S/C24H31N7O5.C17H25N7O4.C15H18N8O5.2CH4/c1-3-26-22(35)19-17(33)18(34)23(36-19)31-12-28-16-20(25)29-24(30-21(16)31)27-11-10-15-8-6-14(7-9-15)5-4-13(2)32;18-14-11-15(22-17(21-14)23-20-6-9-4-2-1-3-5-9)24(8-19-11)16-13(27)12(26)10(7-25)28-16;1-17-13(27)6-2-3-23(21-6)15-19-11(16)8-12(20-15)22(5-18-8)14-10(26)9(25)7(4-24)28-14;;/h6-9,12,17-19,23,33-34H,3-5,10-11H2,1-2H3,(H,26,35)(H3,25,27,29,30);6,8-10,12-13,16,25-27H,1-5,7H2,(H3,18,21,22,23);2-3,5,7,9-10,14,24-26H,4H2,1H3,(H,17,27)(H2,16,19,20);2*1H4/b;20-6+;;;/t17-,18?,19+,23-;10-,12+,13?,16-;7-,9+,10?,14-;;/m111../s1. The molecule has 36 nitrogen and oxygen atoms in total. The first kappa shape index (κ1) is 70.8. The number of aliphatic hydroxyl groups excluding tert-OH is 8. The van der Waals surface area contributed by atoms with E-state index >= 15 is 0 Å². The summed E-state index contributed by atoms with van der Waals surface area (Å²) in [5.74, 6) is 0.647. The average molecular weight is 1310 g/mol. The van der Waals surface area contributed by atoms with Gasteiger partial charge in [-0.05, 0) is 62.6 Å². The normalized spacial score (nSPS) is 24.3. The highest BCUT2D eigenvalue weighted by atomic mass is 16.6. The highest BCUT2D eigenvalue weighted by molar-refractivity contribution is 5.92. The van der Waals surface area contributed by atoms with Crippen LogP contribution in [0.15, 0.2) is 60.6 Å². The zero-order valence-corrected chi connectivity index (χ0v) is 50.2. The smallest absolute Gasteiger partial charge is 0.271 e. The van der Waals surface area contributed by atoms with E-state index in [0.29, 0.717) is 54.2 Å². The van der Waals surface area contributed by atoms with E-state index in [-0.39, 0.29) is 78.7 Å². The van der Waals surface area contributed by atoms with Crippen molar-refractivity contribution in [3.8, 4) is 5.95 Å². The molecule has 3 aliphatic heterocycles. The molecule has 3 unspecified atom stereocenters. The van der Waals surface area contributed by atoms with Gasteiger partial charge in [0.2, 0.25) is 11.9 Å². The van der Waals surface area contributed by atoms with Crippen LogP contribution in [-0.4, -0.2) is 221 Å². The number of amides is 2. The number of anilines is 5. The van der Waals surface area contributed by atoms with Crippen molar-refractivity contribution >= 4 is 86.7 Å². The number of hydrogen-bond donors (Lipinski definition) is 15. The van der Waals surface area contributed by atoms with Gasteiger partial charge in [-0.2, -0.15) is 40.1 Å². The Kier molecular flexibility index (Phi) is 23.5. The number of rotatable bonds is 19. The van der Waals surface area contributed by atoms with Crippen LogP contribution in [0.5, 0.6) is 0 Å². The second kappa shape index (κ2) is 31.2. The van der Waals surface area contributed by atoms with Gasteiger partial charge in [-0.3, -0.25) is 23.3 Å². The van der Waals surface area contributed by atoms with Crippen molar-refractivity contribution in [3.63, 3.8) is 0 Å². The lowest BCUT2D eigenvalue weighted by atomic mass is 9.90. The van der Waals surface area contributed by atoms with Crippen LogP contribution in [0.1, 0.15) is 108 Å². The third kappa shape index (κ3) is 15.3. The number of ketones is 1. The van der Waals surface area contributed by atoms with Gasteiger partial charge in [-0.1, -0.05) is 58.4 Å². The van der Waals surface area contributed by atoms with Crippen LogP contribution in [0.4, 0.5) is 29.4 Å². The number of aromatic nitrogens is 14. The minimum atomic E-state index is -1.41. The van der Waals surface area contributed by atoms with Crippen molar-refractivity contribution in [3.05, 3.63) is 72.3 Å². The number of ether oxygens (including phenoxy) is 3. The molecule has 12 atom stereocenters. The highest BCUT2D eigenvalue weighted by Crippen LogP contribution is 2.36. The van der Waals surface area contributed by atoms with Crippen molar-refractivity contribution in [2.75, 3.05) is 61.3 Å². The Hall–Kier alpha value is -9.08. The second-order valence-corrected chi connectivity index (χ2v) is 22.2. The molecule has 8 aromatic rings. The highest BCUT2D eigenvalue weighted by Gasteiger charge is 2.48. The summed E-state index contributed by atoms with van der Waals surface area (Å²) >= 11 is 0. The molecule has 4 aliphatic rings. The molecule has 36 heteroatoms. The molecule has 508 valence electrons. The molecule has 4 fully saturated rings. The van der Waals surface area contributed by atoms with Crippen molar-refractivity contribution in [2.45, 2.75) is 154 Å². The zero-order chi connectivity index (χ0) is 65.5. The quantitative estimate of drug-likeness (QED) is 0.0347. The SMILES string of the molecule is C.C.CCNC(=O)[C@H]1O[C@@H](n2cnc3c(N)nc(NCCc4ccc(CCC(C)=O)cc4)nc32)C(O)[C@H]1O.CNC(=O)c1ccn(-c2nc(N)c3ncn([C@@H]4O[C@H](CO)[C@H](O)C4O)c3n2)n1.Nc1nc(N/N=C/C2CCCCC2)nc2c1ncn2[C@@H]1O[C@H](CO)[C@H](O)C1O. The first-order valence-electron chi connectivity index (χ1n) is 29.7. The number of hydrogen-bond acceptors (Lipinski definition) is 30. The monoisotopic (exact) mass is 1310 g/mol. The van der Waals surface area contributed by atoms with E-state index in [4.69, 9.17) is 31.4 Å². The molecule has 1 aromatic carbocycles. The van der Waals surface area contributed by atoms with Crippen molar-refractivity contribution in [1.82, 2.24) is 79.0 Å². The predicted molar refractivity (Wildman–Crippen MR) is 340 cm³/mol. The van der Waals surface area contributed by atoms with Crippen LogP contribution < -0.4 is 38.6 Å². The van der Waals surface area contributed by atoms with Gasteiger partial charge in [-0.25, -0.2) is 25.1 Å². The first-order valence-corrected chi connectivity index (χ1v) is 29.7. The molecule has 18 N–H and O–H groups in total. The molecule has 12 rings (SSSR count). The van der Waals surface area contributed by atoms with Gasteiger partial charge in [0.25, 0.3) is 17.8 Å². The Labute approximate surface area is 537 Å². The fraction of sp³-hybridized carbons (Fsp3) is 0.517. The fourth-order valence-electron chi connectivity index (χ4n) is 10.9. The number of aryl methyl sites for hydroxylation is 1. The summed E-state index contributed by atoms with van der Waals surface area (Å²) in [6, 6.07) is 9.59. The Morgan fingerprint density at radius 3 is 1.67 bits per heavy atom. The number of likely N-dealkylation sites (N-methyl/N-ethyl adjacent to an activating group) is 1. The molecule has 3 saturated heterocycles. The zero-order valence-electron chi connectivity index (χ0n) is 50.2. The van der Waals surface area contributed by atoms with Gasteiger partial charge in [0.1, 0.15) is 71.2 Å². The third-order valence-corrected chi connectivity index (χ3v) is 15.9. The molecule has 10 heterocycles. The molecule has 94 heavy (non-hydrogen) atoms. The number of Topliss-reactive ketones (excluding diaryl/α,β-unsaturated/α-hetero) is 1. The van der Waals surface area contributed by atoms with Crippen molar-refractivity contribution < 1.29 is 69.4 Å². The Bertz CT molecular complexity index is 3900. The van der Waals surface area contributed by atoms with Crippen LogP contribution in [0.2, 0.25) is 0 Å². The number of nitrogens with one attached hydrogen (secondary N) is 4. The topological polar surface area (TPSA) is 528 Å². The molecule has 0 radical (unpaired) electrons. The molecule has 2 amide bonds. The number of nitrogen functional groups attached to an aromatic ring is 3. The van der Waals surface area contributed by atoms with E-state index in [9.17, 15) is 55.2 Å². The van der Waals surface area contributed by atoms with Gasteiger partial charge in [0.05, 0.1) is 32.2 Å². The summed E-state index contributed by atoms with van der Waals surface area (Å²) in [6.45, 7) is 3.36. The second-order valence-electron chi connectivity index (χ2n) is 22.2. The summed E-state index contributed by atoms with van der Waals surface area (Å²) in [5, 5.41) is 96.5. The number of imidazole rings is 3. The van der Waals surface area contributed by atoms with Gasteiger partial charge in [-0.15, -0.1) is 0 Å². The Balaban J connectivity index is 0.000000181. The van der Waals surface area contributed by atoms with Crippen LogP contribution in [0.3, 0.4) is 0 Å². The minimum absolute atomic E-state index is 0. The minimum Gasteiger partial charge on any atom is -0.394 e. The number of fused-ring (bicyclic) bond motifs is 3. The number of hydrazone groups is 1. The fourth-order valence-corrected chi connectivity index (χ4v) is 10.9. The molecular formula is C58H82N22O14. The molecule has 7 aromatic heterocycles. The summed E-state index contributed by atoms with van der Waals surface area (Å²) in [7, 11) is 1.49. The van der Waals surface area contributed by atoms with Crippen LogP contribution in [-0.2, 0) is 36.6 Å². The van der Waals surface area contributed by atoms with Gasteiger partial charge in [0.15, 0.2) is 64.9 Å². The number of carbonyl (C=O) groups excluding carboxylic acids is 3. The summed E-state index contributed by atoms with van der Waals surface area (Å²) in [6.07, 6.45) is 1.50. The van der Waals surface area contributed by atoms with E-state index in [0.717, 1.165) is 30.4 Å². The lowest BCUT2D eigenvalue weighted by Crippen LogP contribution is -2.42. The van der Waals surface area contributed by atoms with E-state index in [2.05, 4.69) is 76.4 Å². The number of aliphatic hydroxyl groups is 8. The lowest BCUT2D eigenvalue weighted by Gasteiger charge is -2.17. The average Bonchev–Trinajstić information content (AvgIpc) is 1.63. The molecule has 1 aliphatic carbocycles. The molecular weight excluding hydrogens is 1230 g/mol. The lowest BCUT2D eigenvalue weighted by molar-refractivity contribution is -0.137. The van der Waals surface area contributed by atoms with E-state index in [1.54, 1.807) is 13.8 Å². The largest absolute Gasteiger partial charge is 0.394 e. The summed E-state index contributed by atoms with van der Waals surface area (Å²) in [4.78, 5) is 73.4. The predicted octanol–water partition coefficient (Wildman–Crippen LogP) is -0.824. The van der Waals surface area contributed by atoms with Gasteiger partial charge < -0.3 is 93.0 Å². The van der Waals surface area contributed by atoms with E-state index < -0.39 is 92.7 Å². The van der Waals surface area contributed by atoms with Gasteiger partial charge >= 0.3 is 0 Å². The summed E-state index contributed by atoms with van der Waals surface area (Å²) < 4.78 is 22.3. The number of carbonyl (C=O) groups is 3. The van der Waals surface area contributed by atoms with E-state index in [1.807, 2.05) is 30.5 Å². The van der Waals surface area contributed by atoms with Crippen LogP contribution in [0, 0.1) is 5.92 Å². The number of benzene rings is 1. The van der Waals surface area contributed by atoms with E-state index in [1.165, 1.54) is 75.9 Å². The van der Waals surface area contributed by atoms with Crippen molar-refractivity contribution in [2.24, 2.45) is 11.0 Å². The van der Waals surface area contributed by atoms with Crippen LogP contribution >= 0.6 is 0 Å². The first-order chi connectivity index (χ1) is 44.3. The Morgan fingerprint density at radius 2 is 1.15 bits per heavy atom. The summed E-state index contributed by atoms with van der Waals surface area (Å²) in [5.41, 5.74) is 25.0. The maximum absolute atomic E-state index is 12.2. The third-order valence-electron chi connectivity index (χ3n) is 15.9. The van der Waals surface area contributed by atoms with Gasteiger partial charge in [0, 0.05) is 39.0 Å². The molecule has 1 saturated carbocycles. The maximum atomic E-state index is 12.2. The maximum Gasteiger partial charge on any atom is 0.271 e. The number of nitrogens with two attached hydrogens (primary N) is 3. The molecule has 0 bridgehead atoms. The Morgan fingerprint density at radius 1 is 0.649 bits per heavy atom. The molecule has 0 spiro atoms. The van der Waals surface area contributed by atoms with Crippen molar-refractivity contribution in [1.29, 1.82) is 0 Å². The number of nitrogens with zero attached hydrogens (tertiary/aromatic N) is 15. The van der Waals surface area contributed by atoms with Crippen LogP contribution in [0.25, 0.3) is 39.4 Å².